The van der Waals surface area contributed by atoms with E-state index in [0.717, 1.165) is 6.42 Å². The van der Waals surface area contributed by atoms with Crippen LogP contribution < -0.4 is 5.73 Å². The normalized spacial score (nSPS) is 18.4. The summed E-state index contributed by atoms with van der Waals surface area (Å²) in [6.07, 6.45) is 1.46. The average molecular weight is 258 g/mol. The molecule has 0 aliphatic rings. The maximum atomic E-state index is 11.5. The van der Waals surface area contributed by atoms with Gasteiger partial charge in [0.2, 0.25) is 0 Å². The zero-order chi connectivity index (χ0) is 12.1. The third-order valence-corrected chi connectivity index (χ3v) is 4.97. The Hall–Kier alpha value is 0.0600. The molecule has 15 heavy (non-hydrogen) atoms. The Labute approximate surface area is 90.4 Å². The Balaban J connectivity index is 4.10. The predicted molar refractivity (Wildman–Crippen MR) is 60.1 cm³/mol. The Morgan fingerprint density at radius 3 is 2.40 bits per heavy atom. The summed E-state index contributed by atoms with van der Waals surface area (Å²) in [6.45, 7) is 1.93. The highest BCUT2D eigenvalue weighted by molar-refractivity contribution is 7.92. The second-order valence-corrected chi connectivity index (χ2v) is 7.80. The minimum atomic E-state index is -4.30. The minimum absolute atomic E-state index is 0.0424. The van der Waals surface area contributed by atoms with Gasteiger partial charge < -0.3 is 15.5 Å². The van der Waals surface area contributed by atoms with E-state index < -0.39 is 23.1 Å². The van der Waals surface area contributed by atoms with Gasteiger partial charge in [-0.3, -0.25) is 9.34 Å². The van der Waals surface area contributed by atoms with E-state index in [9.17, 15) is 8.77 Å². The fourth-order valence-corrected chi connectivity index (χ4v) is 3.19. The van der Waals surface area contributed by atoms with Gasteiger partial charge in [0.1, 0.15) is 5.78 Å². The van der Waals surface area contributed by atoms with Crippen molar-refractivity contribution in [1.82, 2.24) is 0 Å². The molecule has 0 aliphatic carbocycles. The molecule has 0 unspecified atom stereocenters. The summed E-state index contributed by atoms with van der Waals surface area (Å²) >= 11 is 0. The monoisotopic (exact) mass is 258 g/mol. The Bertz CT molecular complexity index is 324. The molecule has 0 aliphatic heterocycles. The minimum Gasteiger partial charge on any atom is -0.323 e. The zero-order valence-electron chi connectivity index (χ0n) is 8.76. The highest BCUT2D eigenvalue weighted by Crippen LogP contribution is 2.39. The highest BCUT2D eigenvalue weighted by Gasteiger charge is 2.25. The maximum Gasteiger partial charge on any atom is 0.342 e. The van der Waals surface area contributed by atoms with Crippen LogP contribution in [0.3, 0.4) is 0 Å². The van der Waals surface area contributed by atoms with Crippen LogP contribution in [0.4, 0.5) is 0 Å². The summed E-state index contributed by atoms with van der Waals surface area (Å²) < 4.78 is 29.7. The van der Waals surface area contributed by atoms with Crippen LogP contribution in [0.25, 0.3) is 0 Å². The second kappa shape index (κ2) is 5.96. The van der Waals surface area contributed by atoms with Gasteiger partial charge in [0.05, 0.1) is 0 Å². The largest absolute Gasteiger partial charge is 0.342 e. The first-order valence-corrected chi connectivity index (χ1v) is 8.32. The van der Waals surface area contributed by atoms with Crippen molar-refractivity contribution < 1.29 is 18.6 Å². The van der Waals surface area contributed by atoms with Crippen molar-refractivity contribution in [2.75, 3.05) is 11.5 Å². The number of nitrogens with two attached hydrogens (primary N) is 1. The van der Waals surface area contributed by atoms with Crippen molar-refractivity contribution in [3.63, 3.8) is 0 Å². The molecule has 92 valence electrons. The summed E-state index contributed by atoms with van der Waals surface area (Å²) in [7, 11) is -7.02. The summed E-state index contributed by atoms with van der Waals surface area (Å²) in [6, 6.07) is 0. The van der Waals surface area contributed by atoms with Crippen LogP contribution in [0.15, 0.2) is 0 Å². The van der Waals surface area contributed by atoms with Gasteiger partial charge in [0.25, 0.3) is 0 Å². The van der Waals surface area contributed by atoms with E-state index in [-0.39, 0.29) is 17.9 Å². The van der Waals surface area contributed by atoms with Gasteiger partial charge >= 0.3 is 7.60 Å². The van der Waals surface area contributed by atoms with Crippen molar-refractivity contribution in [2.24, 2.45) is 5.73 Å². The van der Waals surface area contributed by atoms with Gasteiger partial charge in [-0.05, 0) is 12.8 Å². The van der Waals surface area contributed by atoms with Gasteiger partial charge in [-0.25, -0.2) is 4.21 Å². The number of unbranched alkanes of at least 4 members (excludes halogenated alkanes) is 1. The first kappa shape index (κ1) is 15.1. The SMILES string of the molecule is CCCC[S@](=N)(=O)CC[C@@H](N)P(=O)(O)O. The highest BCUT2D eigenvalue weighted by atomic mass is 32.2. The summed E-state index contributed by atoms with van der Waals surface area (Å²) in [5, 5.41) is 0. The van der Waals surface area contributed by atoms with E-state index in [1.807, 2.05) is 6.92 Å². The molecule has 0 saturated carbocycles. The Morgan fingerprint density at radius 2 is 2.00 bits per heavy atom. The van der Waals surface area contributed by atoms with Crippen LogP contribution in [0.1, 0.15) is 26.2 Å². The molecule has 0 aromatic rings. The Kier molecular flexibility index (Phi) is 5.98. The number of rotatable bonds is 7. The molecular formula is C7H19N2O4PS. The summed E-state index contributed by atoms with van der Waals surface area (Å²) in [4.78, 5) is 17.4. The molecule has 2 atom stereocenters. The lowest BCUT2D eigenvalue weighted by atomic mass is 10.4. The van der Waals surface area contributed by atoms with E-state index in [1.165, 1.54) is 0 Å². The lowest BCUT2D eigenvalue weighted by Crippen LogP contribution is -2.24. The molecule has 5 N–H and O–H groups in total. The van der Waals surface area contributed by atoms with Crippen molar-refractivity contribution >= 4 is 17.3 Å². The number of hydrogen-bond acceptors (Lipinski definition) is 4. The molecular weight excluding hydrogens is 239 g/mol. The quantitative estimate of drug-likeness (QED) is 0.500. The molecule has 0 radical (unpaired) electrons. The van der Waals surface area contributed by atoms with E-state index in [0.29, 0.717) is 6.42 Å². The van der Waals surface area contributed by atoms with Crippen LogP contribution in [0.5, 0.6) is 0 Å². The maximum absolute atomic E-state index is 11.5. The van der Waals surface area contributed by atoms with Gasteiger partial charge in [-0.1, -0.05) is 13.3 Å². The number of hydrogen-bond donors (Lipinski definition) is 4. The zero-order valence-corrected chi connectivity index (χ0v) is 10.5. The molecule has 0 aromatic heterocycles. The van der Waals surface area contributed by atoms with Crippen molar-refractivity contribution in [2.45, 2.75) is 32.0 Å². The first-order chi connectivity index (χ1) is 6.69. The van der Waals surface area contributed by atoms with Crippen molar-refractivity contribution in [3.05, 3.63) is 0 Å². The van der Waals surface area contributed by atoms with E-state index in [4.69, 9.17) is 20.3 Å². The molecule has 0 fully saturated rings. The van der Waals surface area contributed by atoms with E-state index >= 15 is 0 Å². The lowest BCUT2D eigenvalue weighted by molar-refractivity contribution is 0.357. The topological polar surface area (TPSA) is 124 Å². The third-order valence-electron chi connectivity index (χ3n) is 2.00. The average Bonchev–Trinajstić information content (AvgIpc) is 2.09. The molecule has 0 amide bonds. The predicted octanol–water partition coefficient (Wildman–Crippen LogP) is 0.686. The Morgan fingerprint density at radius 1 is 1.47 bits per heavy atom. The van der Waals surface area contributed by atoms with Crippen LogP contribution in [0.2, 0.25) is 0 Å². The molecule has 0 bridgehead atoms. The lowest BCUT2D eigenvalue weighted by Gasteiger charge is -2.14. The molecule has 0 aromatic carbocycles. The van der Waals surface area contributed by atoms with E-state index in [1.54, 1.807) is 0 Å². The third kappa shape index (κ3) is 7.03. The second-order valence-electron chi connectivity index (χ2n) is 3.52. The molecule has 0 saturated heterocycles. The van der Waals surface area contributed by atoms with Gasteiger partial charge in [0.15, 0.2) is 0 Å². The molecule has 8 heteroatoms. The van der Waals surface area contributed by atoms with Crippen LogP contribution in [0, 0.1) is 4.78 Å². The van der Waals surface area contributed by atoms with Crippen LogP contribution in [-0.4, -0.2) is 31.3 Å². The van der Waals surface area contributed by atoms with Crippen molar-refractivity contribution in [3.8, 4) is 0 Å². The smallest absolute Gasteiger partial charge is 0.323 e. The van der Waals surface area contributed by atoms with Crippen LogP contribution in [-0.2, 0) is 14.3 Å². The van der Waals surface area contributed by atoms with Crippen LogP contribution >= 0.6 is 7.60 Å². The summed E-state index contributed by atoms with van der Waals surface area (Å²) in [5.41, 5.74) is 5.21. The molecule has 0 rings (SSSR count). The van der Waals surface area contributed by atoms with Gasteiger partial charge in [-0.15, -0.1) is 0 Å². The molecule has 0 spiro atoms. The molecule has 0 heterocycles. The number of nitrogens with one attached hydrogen (secondary N) is 1. The molecule has 6 nitrogen and oxygen atoms in total. The fourth-order valence-electron chi connectivity index (χ4n) is 0.959. The van der Waals surface area contributed by atoms with Gasteiger partial charge in [-0.2, -0.15) is 0 Å². The first-order valence-electron chi connectivity index (χ1n) is 4.74. The van der Waals surface area contributed by atoms with E-state index in [2.05, 4.69) is 0 Å². The van der Waals surface area contributed by atoms with Crippen molar-refractivity contribution in [1.29, 1.82) is 4.78 Å². The fraction of sp³-hybridized carbons (Fsp3) is 1.00. The van der Waals surface area contributed by atoms with Gasteiger partial charge in [0, 0.05) is 21.2 Å². The summed E-state index contributed by atoms with van der Waals surface area (Å²) in [5.74, 6) is -1.07. The standard InChI is InChI=1S/C7H19N2O4PS/c1-2-3-5-15(9,13)6-4-7(8)14(10,11)12/h7,9H,2-6,8H2,1H3,(H2,10,11,12)/t7-,15-/m0/s1.